The highest BCUT2D eigenvalue weighted by Gasteiger charge is 2.33. The molecule has 0 radical (unpaired) electrons. The maximum absolute atomic E-state index is 12.9. The van der Waals surface area contributed by atoms with Gasteiger partial charge in [-0.2, -0.15) is 0 Å². The Morgan fingerprint density at radius 2 is 1.79 bits per heavy atom. The molecule has 0 spiro atoms. The van der Waals surface area contributed by atoms with Crippen LogP contribution in [0.5, 0.6) is 5.75 Å². The van der Waals surface area contributed by atoms with Crippen molar-refractivity contribution in [2.45, 2.75) is 12.3 Å². The third-order valence-corrected chi connectivity index (χ3v) is 5.03. The highest BCUT2D eigenvalue weighted by molar-refractivity contribution is 9.10. The first kappa shape index (κ1) is 15.1. The molecule has 0 saturated carbocycles. The SMILES string of the molecule is Cn1c(=O)c2c(c3ccccc31)OC(=O)C[C@H]2c1ccc(Br)cc1. The summed E-state index contributed by atoms with van der Waals surface area (Å²) in [4.78, 5) is 25.1. The summed E-state index contributed by atoms with van der Waals surface area (Å²) < 4.78 is 8.07. The minimum Gasteiger partial charge on any atom is -0.425 e. The Morgan fingerprint density at radius 1 is 1.08 bits per heavy atom. The van der Waals surface area contributed by atoms with Crippen molar-refractivity contribution in [1.82, 2.24) is 4.57 Å². The zero-order valence-electron chi connectivity index (χ0n) is 13.0. The fraction of sp³-hybridized carbons (Fsp3) is 0.158. The van der Waals surface area contributed by atoms with Crippen LogP contribution in [0.15, 0.2) is 57.8 Å². The molecule has 0 unspecified atom stereocenters. The van der Waals surface area contributed by atoms with E-state index < -0.39 is 0 Å². The summed E-state index contributed by atoms with van der Waals surface area (Å²) in [5.74, 6) is -0.204. The van der Waals surface area contributed by atoms with E-state index in [0.717, 1.165) is 20.9 Å². The van der Waals surface area contributed by atoms with E-state index in [0.29, 0.717) is 11.3 Å². The van der Waals surface area contributed by atoms with Gasteiger partial charge in [-0.05, 0) is 29.8 Å². The molecule has 1 aliphatic heterocycles. The second kappa shape index (κ2) is 5.60. The number of rotatable bonds is 1. The van der Waals surface area contributed by atoms with Gasteiger partial charge in [-0.3, -0.25) is 9.59 Å². The number of fused-ring (bicyclic) bond motifs is 3. The zero-order valence-corrected chi connectivity index (χ0v) is 14.5. The number of carbonyl (C=O) groups excluding carboxylic acids is 1. The van der Waals surface area contributed by atoms with Gasteiger partial charge in [-0.15, -0.1) is 0 Å². The Bertz CT molecular complexity index is 1020. The molecule has 0 bridgehead atoms. The van der Waals surface area contributed by atoms with Crippen molar-refractivity contribution in [3.63, 3.8) is 0 Å². The number of para-hydroxylation sites is 1. The third-order valence-electron chi connectivity index (χ3n) is 4.50. The maximum atomic E-state index is 12.9. The van der Waals surface area contributed by atoms with E-state index in [1.807, 2.05) is 48.5 Å². The molecule has 0 aliphatic carbocycles. The van der Waals surface area contributed by atoms with Gasteiger partial charge >= 0.3 is 5.97 Å². The smallest absolute Gasteiger partial charge is 0.312 e. The molecule has 0 fully saturated rings. The highest BCUT2D eigenvalue weighted by Crippen LogP contribution is 2.40. The van der Waals surface area contributed by atoms with Crippen molar-refractivity contribution in [2.75, 3.05) is 0 Å². The molecular weight excluding hydrogens is 370 g/mol. The van der Waals surface area contributed by atoms with Crippen LogP contribution in [-0.4, -0.2) is 10.5 Å². The number of ether oxygens (including phenoxy) is 1. The second-order valence-corrected chi connectivity index (χ2v) is 6.82. The Balaban J connectivity index is 2.05. The number of benzene rings is 2. The van der Waals surface area contributed by atoms with Crippen LogP contribution in [0.2, 0.25) is 0 Å². The van der Waals surface area contributed by atoms with Gasteiger partial charge in [0.1, 0.15) is 5.75 Å². The third kappa shape index (κ3) is 2.27. The molecule has 4 nitrogen and oxygen atoms in total. The molecule has 1 aliphatic rings. The lowest BCUT2D eigenvalue weighted by molar-refractivity contribution is -0.135. The fourth-order valence-corrected chi connectivity index (χ4v) is 3.58. The van der Waals surface area contributed by atoms with E-state index >= 15 is 0 Å². The van der Waals surface area contributed by atoms with E-state index in [4.69, 9.17) is 4.74 Å². The van der Waals surface area contributed by atoms with E-state index in [1.165, 1.54) is 0 Å². The van der Waals surface area contributed by atoms with Gasteiger partial charge in [0, 0.05) is 22.8 Å². The van der Waals surface area contributed by atoms with E-state index in [1.54, 1.807) is 11.6 Å². The van der Waals surface area contributed by atoms with Gasteiger partial charge < -0.3 is 9.30 Å². The normalized spacial score (nSPS) is 16.8. The van der Waals surface area contributed by atoms with E-state index in [9.17, 15) is 9.59 Å². The van der Waals surface area contributed by atoms with Crippen LogP contribution in [-0.2, 0) is 11.8 Å². The Kier molecular flexibility index (Phi) is 3.53. The quantitative estimate of drug-likeness (QED) is 0.601. The average Bonchev–Trinajstić information content (AvgIpc) is 2.59. The van der Waals surface area contributed by atoms with Crippen molar-refractivity contribution < 1.29 is 9.53 Å². The first-order chi connectivity index (χ1) is 11.6. The summed E-state index contributed by atoms with van der Waals surface area (Å²) in [6.07, 6.45) is 0.169. The molecule has 2 aromatic carbocycles. The van der Waals surface area contributed by atoms with Crippen molar-refractivity contribution in [3.8, 4) is 5.75 Å². The molecular formula is C19H14BrNO3. The van der Waals surface area contributed by atoms with Gasteiger partial charge in [0.05, 0.1) is 17.5 Å². The van der Waals surface area contributed by atoms with Gasteiger partial charge in [0.25, 0.3) is 5.56 Å². The fourth-order valence-electron chi connectivity index (χ4n) is 3.31. The highest BCUT2D eigenvalue weighted by atomic mass is 79.9. The summed E-state index contributed by atoms with van der Waals surface area (Å²) in [6.45, 7) is 0. The lowest BCUT2D eigenvalue weighted by Crippen LogP contribution is -2.31. The lowest BCUT2D eigenvalue weighted by atomic mass is 9.86. The van der Waals surface area contributed by atoms with Crippen molar-refractivity contribution >= 4 is 32.8 Å². The molecule has 4 rings (SSSR count). The Hall–Kier alpha value is -2.40. The molecule has 3 aromatic rings. The number of hydrogen-bond donors (Lipinski definition) is 0. The van der Waals surface area contributed by atoms with Gasteiger partial charge in [-0.25, -0.2) is 0 Å². The minimum atomic E-state index is -0.311. The molecule has 1 atom stereocenters. The molecule has 2 heterocycles. The number of esters is 1. The van der Waals surface area contributed by atoms with Gasteiger partial charge in [0.15, 0.2) is 0 Å². The molecule has 0 saturated heterocycles. The van der Waals surface area contributed by atoms with Crippen LogP contribution in [0.1, 0.15) is 23.5 Å². The number of halogens is 1. The summed E-state index contributed by atoms with van der Waals surface area (Å²) >= 11 is 3.41. The molecule has 120 valence electrons. The number of aryl methyl sites for hydroxylation is 1. The number of nitrogens with zero attached hydrogens (tertiary/aromatic N) is 1. The van der Waals surface area contributed by atoms with Crippen LogP contribution in [0, 0.1) is 0 Å². The van der Waals surface area contributed by atoms with Crippen LogP contribution < -0.4 is 10.3 Å². The van der Waals surface area contributed by atoms with Gasteiger partial charge in [0.2, 0.25) is 0 Å². The first-order valence-electron chi connectivity index (χ1n) is 7.64. The predicted octanol–water partition coefficient (Wildman–Crippen LogP) is 3.74. The molecule has 0 N–H and O–H groups in total. The second-order valence-electron chi connectivity index (χ2n) is 5.91. The van der Waals surface area contributed by atoms with E-state index in [-0.39, 0.29) is 23.9 Å². The Morgan fingerprint density at radius 3 is 2.54 bits per heavy atom. The number of pyridine rings is 1. The molecule has 24 heavy (non-hydrogen) atoms. The average molecular weight is 384 g/mol. The minimum absolute atomic E-state index is 0.121. The number of carbonyl (C=O) groups is 1. The van der Waals surface area contributed by atoms with Crippen LogP contribution in [0.25, 0.3) is 10.9 Å². The summed E-state index contributed by atoms with van der Waals surface area (Å²) in [5, 5.41) is 0.782. The van der Waals surface area contributed by atoms with Crippen LogP contribution >= 0.6 is 15.9 Å². The van der Waals surface area contributed by atoms with Crippen molar-refractivity contribution in [3.05, 3.63) is 74.5 Å². The van der Waals surface area contributed by atoms with Crippen LogP contribution in [0.3, 0.4) is 0 Å². The first-order valence-corrected chi connectivity index (χ1v) is 8.43. The topological polar surface area (TPSA) is 48.3 Å². The summed E-state index contributed by atoms with van der Waals surface area (Å²) in [5.41, 5.74) is 2.12. The van der Waals surface area contributed by atoms with Crippen molar-refractivity contribution in [2.24, 2.45) is 7.05 Å². The lowest BCUT2D eigenvalue weighted by Gasteiger charge is -2.26. The molecule has 1 aromatic heterocycles. The summed E-state index contributed by atoms with van der Waals surface area (Å²) in [6, 6.07) is 15.2. The molecule has 0 amide bonds. The standard InChI is InChI=1S/C19H14BrNO3/c1-21-15-5-3-2-4-13(15)18-17(19(21)23)14(10-16(22)24-18)11-6-8-12(20)9-7-11/h2-9,14H,10H2,1H3/t14-/m0/s1. The molecule has 5 heteroatoms. The van der Waals surface area contributed by atoms with Crippen molar-refractivity contribution in [1.29, 1.82) is 0 Å². The zero-order chi connectivity index (χ0) is 16.8. The Labute approximate surface area is 146 Å². The van der Waals surface area contributed by atoms with Gasteiger partial charge in [-0.1, -0.05) is 40.2 Å². The monoisotopic (exact) mass is 383 g/mol. The largest absolute Gasteiger partial charge is 0.425 e. The van der Waals surface area contributed by atoms with E-state index in [2.05, 4.69) is 15.9 Å². The number of aromatic nitrogens is 1. The predicted molar refractivity (Wildman–Crippen MR) is 95.4 cm³/mol. The summed E-state index contributed by atoms with van der Waals surface area (Å²) in [7, 11) is 1.75. The number of hydrogen-bond acceptors (Lipinski definition) is 3. The van der Waals surface area contributed by atoms with Crippen LogP contribution in [0.4, 0.5) is 0 Å². The maximum Gasteiger partial charge on any atom is 0.312 e.